The topological polar surface area (TPSA) is 75.7 Å². The van der Waals surface area contributed by atoms with E-state index < -0.39 is 12.9 Å². The maximum absolute atomic E-state index is 9.18. The zero-order valence-corrected chi connectivity index (χ0v) is 11.6. The van der Waals surface area contributed by atoms with Crippen LogP contribution >= 0.6 is 0 Å². The molecule has 0 aliphatic carbocycles. The lowest BCUT2D eigenvalue weighted by Gasteiger charge is -2.10. The maximum Gasteiger partial charge on any atom is 0.220 e. The van der Waals surface area contributed by atoms with Crippen LogP contribution in [0, 0.1) is 0 Å². The molecule has 0 aliphatic rings. The first kappa shape index (κ1) is 15.3. The Morgan fingerprint density at radius 3 is 1.95 bits per heavy atom. The van der Waals surface area contributed by atoms with Crippen molar-refractivity contribution in [2.45, 2.75) is 12.8 Å². The summed E-state index contributed by atoms with van der Waals surface area (Å²) < 4.78 is 5.08. The molecule has 110 valence electrons. The van der Waals surface area contributed by atoms with Crippen molar-refractivity contribution in [2.75, 3.05) is 6.61 Å². The molecular weight excluding hydrogens is 266 g/mol. The Balaban J connectivity index is 2.00. The van der Waals surface area contributed by atoms with E-state index in [0.29, 0.717) is 12.3 Å². The Morgan fingerprint density at radius 2 is 1.48 bits per heavy atom. The summed E-state index contributed by atoms with van der Waals surface area (Å²) in [5.41, 5.74) is 8.79. The molecule has 4 nitrogen and oxygen atoms in total. The minimum Gasteiger partial charge on any atom is -0.463 e. The van der Waals surface area contributed by atoms with Gasteiger partial charge in [-0.25, -0.2) is 0 Å². The first-order valence-electron chi connectivity index (χ1n) is 6.74. The molecule has 4 heteroatoms. The molecule has 0 aliphatic heterocycles. The molecule has 0 saturated carbocycles. The molecule has 4 N–H and O–H groups in total. The van der Waals surface area contributed by atoms with Crippen LogP contribution in [-0.2, 0) is 6.54 Å². The van der Waals surface area contributed by atoms with Crippen LogP contribution in [0.5, 0.6) is 5.75 Å². The van der Waals surface area contributed by atoms with Gasteiger partial charge in [0.15, 0.2) is 0 Å². The van der Waals surface area contributed by atoms with Crippen molar-refractivity contribution in [2.24, 2.45) is 5.73 Å². The molecule has 0 saturated heterocycles. The van der Waals surface area contributed by atoms with Crippen LogP contribution in [-0.4, -0.2) is 23.1 Å². The van der Waals surface area contributed by atoms with Gasteiger partial charge in [-0.15, -0.1) is 0 Å². The third kappa shape index (κ3) is 4.72. The normalized spacial score (nSPS) is 12.5. The Hall–Kier alpha value is -2.14. The van der Waals surface area contributed by atoms with Crippen LogP contribution in [0.2, 0.25) is 0 Å². The van der Waals surface area contributed by atoms with E-state index in [9.17, 15) is 5.11 Å². The van der Waals surface area contributed by atoms with Crippen LogP contribution in [0.3, 0.4) is 0 Å². The minimum atomic E-state index is -1.19. The zero-order chi connectivity index (χ0) is 15.1. The van der Waals surface area contributed by atoms with Gasteiger partial charge in [0.25, 0.3) is 0 Å². The van der Waals surface area contributed by atoms with E-state index in [0.717, 1.165) is 16.7 Å². The van der Waals surface area contributed by atoms with Gasteiger partial charge in [0.1, 0.15) is 12.4 Å². The fraction of sp³-hybridized carbons (Fsp3) is 0.176. The largest absolute Gasteiger partial charge is 0.463 e. The Bertz CT molecular complexity index is 576. The van der Waals surface area contributed by atoms with Crippen molar-refractivity contribution in [3.8, 4) is 5.75 Å². The summed E-state index contributed by atoms with van der Waals surface area (Å²) in [6.45, 7) is 0.117. The van der Waals surface area contributed by atoms with E-state index in [4.69, 9.17) is 15.6 Å². The van der Waals surface area contributed by atoms with Crippen LogP contribution in [0.15, 0.2) is 48.5 Å². The number of benzene rings is 2. The Kier molecular flexibility index (Phi) is 5.51. The molecule has 1 unspecified atom stereocenters. The highest BCUT2D eigenvalue weighted by molar-refractivity contribution is 5.69. The lowest BCUT2D eigenvalue weighted by atomic mass is 10.1. The SMILES string of the molecule is NCc1ccc(C=Cc2ccc(OC(O)CO)cc2)cc1. The summed E-state index contributed by atoms with van der Waals surface area (Å²) in [6.07, 6.45) is 2.81. The predicted octanol–water partition coefficient (Wildman–Crippen LogP) is 2.01. The van der Waals surface area contributed by atoms with Crippen LogP contribution in [0.4, 0.5) is 0 Å². The van der Waals surface area contributed by atoms with Crippen molar-refractivity contribution >= 4 is 12.2 Å². The third-order valence-corrected chi connectivity index (χ3v) is 2.99. The Morgan fingerprint density at radius 1 is 0.952 bits per heavy atom. The summed E-state index contributed by atoms with van der Waals surface area (Å²) in [6, 6.07) is 15.3. The van der Waals surface area contributed by atoms with Gasteiger partial charge in [-0.3, -0.25) is 0 Å². The number of ether oxygens (including phenoxy) is 1. The molecule has 0 heterocycles. The third-order valence-electron chi connectivity index (χ3n) is 2.99. The fourth-order valence-corrected chi connectivity index (χ4v) is 1.81. The molecule has 0 spiro atoms. The molecular formula is C17H19NO3. The smallest absolute Gasteiger partial charge is 0.220 e. The number of aliphatic hydroxyl groups is 2. The molecule has 2 aromatic rings. The molecule has 21 heavy (non-hydrogen) atoms. The van der Waals surface area contributed by atoms with Gasteiger partial charge in [0.05, 0.1) is 0 Å². The van der Waals surface area contributed by atoms with E-state index in [-0.39, 0.29) is 0 Å². The number of nitrogens with two attached hydrogens (primary N) is 1. The highest BCUT2D eigenvalue weighted by Gasteiger charge is 2.02. The van der Waals surface area contributed by atoms with E-state index >= 15 is 0 Å². The van der Waals surface area contributed by atoms with Crippen molar-refractivity contribution in [1.29, 1.82) is 0 Å². The van der Waals surface area contributed by atoms with E-state index in [1.54, 1.807) is 12.1 Å². The number of rotatable bonds is 6. The standard InChI is InChI=1S/C17H19NO3/c18-11-15-5-3-13(4-6-15)1-2-14-7-9-16(10-8-14)21-17(20)12-19/h1-10,17,19-20H,11-12,18H2. The predicted molar refractivity (Wildman–Crippen MR) is 83.4 cm³/mol. The van der Waals surface area contributed by atoms with Crippen molar-refractivity contribution in [1.82, 2.24) is 0 Å². The molecule has 0 aromatic heterocycles. The van der Waals surface area contributed by atoms with Gasteiger partial charge in [-0.2, -0.15) is 0 Å². The lowest BCUT2D eigenvalue weighted by molar-refractivity contribution is -0.0548. The monoisotopic (exact) mass is 285 g/mol. The second-order valence-corrected chi connectivity index (χ2v) is 4.60. The maximum atomic E-state index is 9.18. The molecule has 2 rings (SSSR count). The molecule has 0 bridgehead atoms. The summed E-state index contributed by atoms with van der Waals surface area (Å²) in [7, 11) is 0. The van der Waals surface area contributed by atoms with E-state index in [1.807, 2.05) is 48.6 Å². The van der Waals surface area contributed by atoms with Gasteiger partial charge in [-0.1, -0.05) is 48.6 Å². The first-order chi connectivity index (χ1) is 10.2. The average Bonchev–Trinajstić information content (AvgIpc) is 2.54. The summed E-state index contributed by atoms with van der Waals surface area (Å²) in [4.78, 5) is 0. The highest BCUT2D eigenvalue weighted by atomic mass is 16.6. The van der Waals surface area contributed by atoms with Gasteiger partial charge in [0, 0.05) is 6.54 Å². The lowest BCUT2D eigenvalue weighted by Crippen LogP contribution is -2.19. The molecule has 0 amide bonds. The number of hydrogen-bond donors (Lipinski definition) is 3. The minimum absolute atomic E-state index is 0.430. The fourth-order valence-electron chi connectivity index (χ4n) is 1.81. The molecule has 0 fully saturated rings. The van der Waals surface area contributed by atoms with E-state index in [1.165, 1.54) is 0 Å². The van der Waals surface area contributed by atoms with Gasteiger partial charge in [-0.05, 0) is 28.8 Å². The van der Waals surface area contributed by atoms with Gasteiger partial charge >= 0.3 is 0 Å². The van der Waals surface area contributed by atoms with Crippen LogP contribution < -0.4 is 10.5 Å². The number of hydrogen-bond acceptors (Lipinski definition) is 4. The second kappa shape index (κ2) is 7.59. The van der Waals surface area contributed by atoms with Crippen molar-refractivity contribution in [3.05, 3.63) is 65.2 Å². The van der Waals surface area contributed by atoms with Gasteiger partial charge in [0.2, 0.25) is 6.29 Å². The van der Waals surface area contributed by atoms with Crippen LogP contribution in [0.25, 0.3) is 12.2 Å². The van der Waals surface area contributed by atoms with Crippen molar-refractivity contribution in [3.63, 3.8) is 0 Å². The van der Waals surface area contributed by atoms with Gasteiger partial charge < -0.3 is 20.7 Å². The molecule has 0 radical (unpaired) electrons. The Labute approximate surface area is 124 Å². The zero-order valence-electron chi connectivity index (χ0n) is 11.6. The van der Waals surface area contributed by atoms with E-state index in [2.05, 4.69) is 0 Å². The highest BCUT2D eigenvalue weighted by Crippen LogP contribution is 2.15. The quantitative estimate of drug-likeness (QED) is 0.560. The summed E-state index contributed by atoms with van der Waals surface area (Å²) in [5.74, 6) is 0.515. The molecule has 2 aromatic carbocycles. The van der Waals surface area contributed by atoms with Crippen LogP contribution in [0.1, 0.15) is 16.7 Å². The summed E-state index contributed by atoms with van der Waals surface area (Å²) >= 11 is 0. The average molecular weight is 285 g/mol. The van der Waals surface area contributed by atoms with Crippen molar-refractivity contribution < 1.29 is 14.9 Å². The second-order valence-electron chi connectivity index (χ2n) is 4.60. The molecule has 1 atom stereocenters. The number of aliphatic hydroxyl groups excluding tert-OH is 2. The first-order valence-corrected chi connectivity index (χ1v) is 6.74. The summed E-state index contributed by atoms with van der Waals surface area (Å²) in [5, 5.41) is 17.9.